The number of benzene rings is 1. The lowest BCUT2D eigenvalue weighted by Gasteiger charge is -2.16. The fourth-order valence-corrected chi connectivity index (χ4v) is 2.32. The Morgan fingerprint density at radius 1 is 1.33 bits per heavy atom. The van der Waals surface area contributed by atoms with Crippen LogP contribution < -0.4 is 10.1 Å². The van der Waals surface area contributed by atoms with Crippen LogP contribution >= 0.6 is 15.9 Å². The summed E-state index contributed by atoms with van der Waals surface area (Å²) in [5.74, 6) is 0.180. The second-order valence-electron chi connectivity index (χ2n) is 4.52. The molecule has 2 aromatic rings. The molecule has 1 N–H and O–H groups in total. The standard InChI is InChI=1S/C15H15BrF2N2O/c1-10(11-3-2-6-19-8-11)20-9-12-7-13(16)4-5-14(12)21-15(17)18/h2-8,10,15,20H,9H2,1H3. The van der Waals surface area contributed by atoms with Gasteiger partial charge in [0.05, 0.1) is 0 Å². The second-order valence-corrected chi connectivity index (χ2v) is 5.44. The van der Waals surface area contributed by atoms with Crippen molar-refractivity contribution < 1.29 is 13.5 Å². The van der Waals surface area contributed by atoms with Gasteiger partial charge in [0.25, 0.3) is 0 Å². The van der Waals surface area contributed by atoms with E-state index in [0.29, 0.717) is 12.1 Å². The topological polar surface area (TPSA) is 34.1 Å². The number of ether oxygens (including phenoxy) is 1. The van der Waals surface area contributed by atoms with Gasteiger partial charge in [0, 0.05) is 35.0 Å². The van der Waals surface area contributed by atoms with Crippen LogP contribution in [-0.4, -0.2) is 11.6 Å². The number of halogens is 3. The minimum atomic E-state index is -2.83. The van der Waals surface area contributed by atoms with Gasteiger partial charge < -0.3 is 10.1 Å². The van der Waals surface area contributed by atoms with E-state index < -0.39 is 6.61 Å². The first-order chi connectivity index (χ1) is 10.1. The van der Waals surface area contributed by atoms with Gasteiger partial charge in [-0.2, -0.15) is 8.78 Å². The maximum Gasteiger partial charge on any atom is 0.387 e. The maximum atomic E-state index is 12.4. The number of hydrogen-bond donors (Lipinski definition) is 1. The number of alkyl halides is 2. The predicted octanol–water partition coefficient (Wildman–Crippen LogP) is 4.30. The van der Waals surface area contributed by atoms with Gasteiger partial charge in [-0.15, -0.1) is 0 Å². The van der Waals surface area contributed by atoms with Crippen molar-refractivity contribution in [3.8, 4) is 5.75 Å². The molecule has 2 rings (SSSR count). The first kappa shape index (κ1) is 15.9. The summed E-state index contributed by atoms with van der Waals surface area (Å²) in [4.78, 5) is 4.06. The van der Waals surface area contributed by atoms with Crippen LogP contribution in [0.4, 0.5) is 8.78 Å². The van der Waals surface area contributed by atoms with Crippen molar-refractivity contribution in [2.24, 2.45) is 0 Å². The molecule has 1 aromatic heterocycles. The molecule has 1 aromatic carbocycles. The van der Waals surface area contributed by atoms with Crippen molar-refractivity contribution in [1.29, 1.82) is 0 Å². The Labute approximate surface area is 130 Å². The normalized spacial score (nSPS) is 12.4. The van der Waals surface area contributed by atoms with Gasteiger partial charge in [-0.1, -0.05) is 22.0 Å². The van der Waals surface area contributed by atoms with Crippen LogP contribution in [0.5, 0.6) is 5.75 Å². The fraction of sp³-hybridized carbons (Fsp3) is 0.267. The Kier molecular flexibility index (Phi) is 5.64. The number of aromatic nitrogens is 1. The minimum absolute atomic E-state index is 0.0529. The Morgan fingerprint density at radius 3 is 2.81 bits per heavy atom. The Hall–Kier alpha value is -1.53. The summed E-state index contributed by atoms with van der Waals surface area (Å²) < 4.78 is 30.2. The van der Waals surface area contributed by atoms with Crippen molar-refractivity contribution in [2.75, 3.05) is 0 Å². The number of hydrogen-bond acceptors (Lipinski definition) is 3. The SMILES string of the molecule is CC(NCc1cc(Br)ccc1OC(F)F)c1cccnc1. The smallest absolute Gasteiger partial charge is 0.387 e. The molecular formula is C15H15BrF2N2O. The van der Waals surface area contributed by atoms with Crippen molar-refractivity contribution in [3.05, 3.63) is 58.3 Å². The van der Waals surface area contributed by atoms with Gasteiger partial charge in [-0.25, -0.2) is 0 Å². The van der Waals surface area contributed by atoms with E-state index in [1.165, 1.54) is 6.07 Å². The highest BCUT2D eigenvalue weighted by atomic mass is 79.9. The van der Waals surface area contributed by atoms with E-state index >= 15 is 0 Å². The van der Waals surface area contributed by atoms with E-state index in [2.05, 4.69) is 31.0 Å². The predicted molar refractivity (Wildman–Crippen MR) is 80.3 cm³/mol. The lowest BCUT2D eigenvalue weighted by molar-refractivity contribution is -0.0505. The first-order valence-corrected chi connectivity index (χ1v) is 7.22. The molecule has 0 radical (unpaired) electrons. The molecule has 0 saturated carbocycles. The van der Waals surface area contributed by atoms with Crippen molar-refractivity contribution in [1.82, 2.24) is 10.3 Å². The Bertz CT molecular complexity index is 581. The van der Waals surface area contributed by atoms with Gasteiger partial charge in [0.15, 0.2) is 0 Å². The Balaban J connectivity index is 2.07. The molecule has 3 nitrogen and oxygen atoms in total. The number of nitrogens with one attached hydrogen (secondary N) is 1. The van der Waals surface area contributed by atoms with Gasteiger partial charge in [0.1, 0.15) is 5.75 Å². The van der Waals surface area contributed by atoms with Crippen molar-refractivity contribution >= 4 is 15.9 Å². The van der Waals surface area contributed by atoms with Crippen LogP contribution in [0, 0.1) is 0 Å². The zero-order valence-electron chi connectivity index (χ0n) is 11.4. The van der Waals surface area contributed by atoms with E-state index in [1.807, 2.05) is 19.1 Å². The summed E-state index contributed by atoms with van der Waals surface area (Å²) in [6.45, 7) is -0.430. The highest BCUT2D eigenvalue weighted by Gasteiger charge is 2.12. The molecule has 0 bridgehead atoms. The van der Waals surface area contributed by atoms with E-state index in [4.69, 9.17) is 0 Å². The molecule has 1 unspecified atom stereocenters. The van der Waals surface area contributed by atoms with Crippen molar-refractivity contribution in [3.63, 3.8) is 0 Å². The molecule has 0 spiro atoms. The van der Waals surface area contributed by atoms with Gasteiger partial charge in [-0.3, -0.25) is 4.98 Å². The zero-order chi connectivity index (χ0) is 15.2. The van der Waals surface area contributed by atoms with Crippen LogP contribution in [0.2, 0.25) is 0 Å². The third-order valence-electron chi connectivity index (χ3n) is 3.02. The van der Waals surface area contributed by atoms with Crippen LogP contribution in [0.3, 0.4) is 0 Å². The average Bonchev–Trinajstić information content (AvgIpc) is 2.47. The second kappa shape index (κ2) is 7.47. The Morgan fingerprint density at radius 2 is 2.14 bits per heavy atom. The molecule has 0 saturated heterocycles. The number of pyridine rings is 1. The summed E-state index contributed by atoms with van der Waals surface area (Å²) in [6, 6.07) is 8.84. The van der Waals surface area contributed by atoms with E-state index in [0.717, 1.165) is 10.0 Å². The summed E-state index contributed by atoms with van der Waals surface area (Å²) in [5, 5.41) is 3.27. The monoisotopic (exact) mass is 356 g/mol. The lowest BCUT2D eigenvalue weighted by atomic mass is 10.1. The van der Waals surface area contributed by atoms with Crippen LogP contribution in [-0.2, 0) is 6.54 Å². The minimum Gasteiger partial charge on any atom is -0.434 e. The summed E-state index contributed by atoms with van der Waals surface area (Å²) in [5.41, 5.74) is 1.70. The van der Waals surface area contributed by atoms with E-state index in [9.17, 15) is 8.78 Å². The summed E-state index contributed by atoms with van der Waals surface area (Å²) in [7, 11) is 0. The molecule has 0 aliphatic carbocycles. The molecule has 0 aliphatic heterocycles. The van der Waals surface area contributed by atoms with Crippen LogP contribution in [0.25, 0.3) is 0 Å². The number of rotatable bonds is 6. The average molecular weight is 357 g/mol. The molecule has 0 amide bonds. The van der Waals surface area contributed by atoms with E-state index in [-0.39, 0.29) is 11.8 Å². The lowest BCUT2D eigenvalue weighted by Crippen LogP contribution is -2.19. The van der Waals surface area contributed by atoms with Gasteiger partial charge >= 0.3 is 6.61 Å². The molecule has 6 heteroatoms. The van der Waals surface area contributed by atoms with Gasteiger partial charge in [0.2, 0.25) is 0 Å². The molecule has 112 valence electrons. The third-order valence-corrected chi connectivity index (χ3v) is 3.51. The summed E-state index contributed by atoms with van der Waals surface area (Å²) in [6.07, 6.45) is 3.48. The third kappa shape index (κ3) is 4.75. The molecule has 21 heavy (non-hydrogen) atoms. The maximum absolute atomic E-state index is 12.4. The summed E-state index contributed by atoms with van der Waals surface area (Å²) >= 11 is 3.33. The first-order valence-electron chi connectivity index (χ1n) is 6.43. The molecule has 0 aliphatic rings. The zero-order valence-corrected chi connectivity index (χ0v) is 13.0. The molecule has 1 atom stereocenters. The highest BCUT2D eigenvalue weighted by Crippen LogP contribution is 2.25. The molecule has 1 heterocycles. The van der Waals surface area contributed by atoms with Crippen LogP contribution in [0.15, 0.2) is 47.2 Å². The molecule has 0 fully saturated rings. The van der Waals surface area contributed by atoms with Crippen LogP contribution in [0.1, 0.15) is 24.1 Å². The van der Waals surface area contributed by atoms with E-state index in [1.54, 1.807) is 24.5 Å². The van der Waals surface area contributed by atoms with Gasteiger partial charge in [-0.05, 0) is 36.8 Å². The fourth-order valence-electron chi connectivity index (χ4n) is 1.91. The number of nitrogens with zero attached hydrogens (tertiary/aromatic N) is 1. The largest absolute Gasteiger partial charge is 0.434 e. The van der Waals surface area contributed by atoms with Crippen molar-refractivity contribution in [2.45, 2.75) is 26.1 Å². The highest BCUT2D eigenvalue weighted by molar-refractivity contribution is 9.10. The molecular weight excluding hydrogens is 342 g/mol. The quantitative estimate of drug-likeness (QED) is 0.837.